The fraction of sp³-hybridized carbons (Fsp3) is 0.333. The fourth-order valence-electron chi connectivity index (χ4n) is 2.60. The van der Waals surface area contributed by atoms with Gasteiger partial charge in [0.05, 0.1) is 33.2 Å². The number of rotatable bonds is 3. The van der Waals surface area contributed by atoms with Gasteiger partial charge in [-0.25, -0.2) is 4.39 Å². The van der Waals surface area contributed by atoms with Crippen LogP contribution in [0, 0.1) is 5.82 Å². The lowest BCUT2D eigenvalue weighted by atomic mass is 10.0. The molecule has 1 fully saturated rings. The number of ketones is 1. The van der Waals surface area contributed by atoms with Crippen LogP contribution in [0.3, 0.4) is 0 Å². The molecule has 7 heteroatoms. The largest absolute Gasteiger partial charge is 0.488 e. The molecule has 1 atom stereocenters. The van der Waals surface area contributed by atoms with Crippen molar-refractivity contribution in [2.75, 3.05) is 12.4 Å². The van der Waals surface area contributed by atoms with Gasteiger partial charge in [0.15, 0.2) is 23.1 Å². The quantitative estimate of drug-likeness (QED) is 0.812. The molecule has 0 radical (unpaired) electrons. The Kier molecular flexibility index (Phi) is 3.11. The minimum absolute atomic E-state index is 0.0835. The zero-order chi connectivity index (χ0) is 15.3. The molecule has 2 heterocycles. The first-order chi connectivity index (χ1) is 10.7. The van der Waals surface area contributed by atoms with Crippen LogP contribution in [-0.4, -0.2) is 27.5 Å². The Morgan fingerprint density at radius 2 is 2.14 bits per heavy atom. The normalized spacial score (nSPS) is 20.3. The predicted molar refractivity (Wildman–Crippen MR) is 75.1 cm³/mol. The molecular formula is C15H12FNO4S. The molecule has 2 aliphatic rings. The van der Waals surface area contributed by atoms with Gasteiger partial charge < -0.3 is 9.26 Å². The van der Waals surface area contributed by atoms with Crippen molar-refractivity contribution in [2.24, 2.45) is 0 Å². The summed E-state index contributed by atoms with van der Waals surface area (Å²) in [5, 5.41) is 3.70. The van der Waals surface area contributed by atoms with E-state index in [1.54, 1.807) is 0 Å². The highest BCUT2D eigenvalue weighted by Crippen LogP contribution is 2.42. The number of carbonyl (C=O) groups is 1. The second-order valence-corrected chi connectivity index (χ2v) is 6.87. The average molecular weight is 321 g/mol. The van der Waals surface area contributed by atoms with Crippen molar-refractivity contribution in [2.45, 2.75) is 23.7 Å². The minimum atomic E-state index is -1.46. The lowest BCUT2D eigenvalue weighted by molar-refractivity contribution is 0.103. The Bertz CT molecular complexity index is 797. The molecule has 0 saturated heterocycles. The number of hydrogen-bond donors (Lipinski definition) is 0. The van der Waals surface area contributed by atoms with E-state index in [9.17, 15) is 13.4 Å². The third-order valence-electron chi connectivity index (χ3n) is 3.84. The lowest BCUT2D eigenvalue weighted by Crippen LogP contribution is -2.20. The van der Waals surface area contributed by atoms with Crippen LogP contribution in [-0.2, 0) is 10.8 Å². The van der Waals surface area contributed by atoms with E-state index in [1.807, 2.05) is 0 Å². The third kappa shape index (κ3) is 2.08. The maximum atomic E-state index is 13.8. The molecule has 22 heavy (non-hydrogen) atoms. The van der Waals surface area contributed by atoms with Gasteiger partial charge in [-0.3, -0.25) is 9.00 Å². The number of ether oxygens (including phenoxy) is 1. The van der Waals surface area contributed by atoms with Gasteiger partial charge in [-0.15, -0.1) is 0 Å². The van der Waals surface area contributed by atoms with E-state index in [0.717, 1.165) is 12.8 Å². The summed E-state index contributed by atoms with van der Waals surface area (Å²) >= 11 is 0. The van der Waals surface area contributed by atoms with E-state index < -0.39 is 16.6 Å². The molecule has 1 aliphatic carbocycles. The van der Waals surface area contributed by atoms with Gasteiger partial charge in [0, 0.05) is 11.5 Å². The molecule has 1 aliphatic heterocycles. The SMILES string of the molecule is O=C(c1cnoc1C1CC1)c1ccc(F)c2c1S(=O)CCO2. The van der Waals surface area contributed by atoms with Gasteiger partial charge in [0.2, 0.25) is 0 Å². The predicted octanol–water partition coefficient (Wildman–Crippen LogP) is 2.42. The molecule has 4 rings (SSSR count). The molecule has 1 unspecified atom stereocenters. The van der Waals surface area contributed by atoms with Gasteiger partial charge >= 0.3 is 0 Å². The number of aromatic nitrogens is 1. The number of hydrogen-bond acceptors (Lipinski definition) is 5. The summed E-state index contributed by atoms with van der Waals surface area (Å²) in [4.78, 5) is 12.9. The summed E-state index contributed by atoms with van der Waals surface area (Å²) in [7, 11) is -1.46. The van der Waals surface area contributed by atoms with Gasteiger partial charge in [-0.2, -0.15) is 0 Å². The molecule has 0 amide bonds. The van der Waals surface area contributed by atoms with Gasteiger partial charge in [0.1, 0.15) is 6.61 Å². The first kappa shape index (κ1) is 13.6. The van der Waals surface area contributed by atoms with Crippen LogP contribution in [0.25, 0.3) is 0 Å². The van der Waals surface area contributed by atoms with Crippen molar-refractivity contribution in [3.63, 3.8) is 0 Å². The second-order valence-electron chi connectivity index (χ2n) is 5.36. The van der Waals surface area contributed by atoms with Gasteiger partial charge in [-0.1, -0.05) is 5.16 Å². The van der Waals surface area contributed by atoms with E-state index in [0.29, 0.717) is 11.3 Å². The molecule has 0 bridgehead atoms. The van der Waals surface area contributed by atoms with Crippen LogP contribution in [0.1, 0.15) is 40.4 Å². The summed E-state index contributed by atoms with van der Waals surface area (Å²) in [6.45, 7) is 0.175. The van der Waals surface area contributed by atoms with Gasteiger partial charge in [-0.05, 0) is 25.0 Å². The van der Waals surface area contributed by atoms with Crippen molar-refractivity contribution in [1.29, 1.82) is 0 Å². The molecule has 0 N–H and O–H groups in total. The Morgan fingerprint density at radius 3 is 2.91 bits per heavy atom. The van der Waals surface area contributed by atoms with E-state index in [-0.39, 0.29) is 40.3 Å². The highest BCUT2D eigenvalue weighted by Gasteiger charge is 2.35. The van der Waals surface area contributed by atoms with Crippen molar-refractivity contribution >= 4 is 16.6 Å². The van der Waals surface area contributed by atoms with Crippen molar-refractivity contribution in [3.05, 3.63) is 41.0 Å². The van der Waals surface area contributed by atoms with Crippen molar-refractivity contribution < 1.29 is 22.7 Å². The highest BCUT2D eigenvalue weighted by atomic mass is 32.2. The maximum absolute atomic E-state index is 13.8. The fourth-order valence-corrected chi connectivity index (χ4v) is 3.81. The summed E-state index contributed by atoms with van der Waals surface area (Å²) in [5.41, 5.74) is 0.554. The second kappa shape index (κ2) is 5.01. The maximum Gasteiger partial charge on any atom is 0.199 e. The zero-order valence-electron chi connectivity index (χ0n) is 11.5. The average Bonchev–Trinajstić information content (AvgIpc) is 3.25. The van der Waals surface area contributed by atoms with Crippen LogP contribution in [0.5, 0.6) is 5.75 Å². The van der Waals surface area contributed by atoms with Crippen LogP contribution in [0.15, 0.2) is 27.7 Å². The van der Waals surface area contributed by atoms with Crippen molar-refractivity contribution in [1.82, 2.24) is 5.16 Å². The van der Waals surface area contributed by atoms with Crippen LogP contribution < -0.4 is 4.74 Å². The third-order valence-corrected chi connectivity index (χ3v) is 5.24. The molecule has 5 nitrogen and oxygen atoms in total. The Labute approximate surface area is 127 Å². The topological polar surface area (TPSA) is 69.4 Å². The van der Waals surface area contributed by atoms with Crippen molar-refractivity contribution in [3.8, 4) is 5.75 Å². The van der Waals surface area contributed by atoms with Gasteiger partial charge in [0.25, 0.3) is 0 Å². The number of nitrogens with zero attached hydrogens (tertiary/aromatic N) is 1. The Balaban J connectivity index is 1.84. The monoisotopic (exact) mass is 321 g/mol. The summed E-state index contributed by atoms with van der Waals surface area (Å²) in [5.74, 6) is -0.00828. The first-order valence-electron chi connectivity index (χ1n) is 6.99. The van der Waals surface area contributed by atoms with E-state index in [1.165, 1.54) is 18.3 Å². The molecule has 114 valence electrons. The number of benzene rings is 1. The van der Waals surface area contributed by atoms with E-state index in [2.05, 4.69) is 5.16 Å². The lowest BCUT2D eigenvalue weighted by Gasteiger charge is -2.19. The first-order valence-corrected chi connectivity index (χ1v) is 8.31. The Hall–Kier alpha value is -2.02. The summed E-state index contributed by atoms with van der Waals surface area (Å²) < 4.78 is 36.5. The standard InChI is InChI=1S/C15H12FNO4S/c16-11-4-3-9(15-14(11)20-5-6-22(15)19)12(18)10-7-17-21-13(10)8-1-2-8/h3-4,7-8H,1-2,5-6H2. The Morgan fingerprint density at radius 1 is 1.32 bits per heavy atom. The zero-order valence-corrected chi connectivity index (χ0v) is 12.3. The minimum Gasteiger partial charge on any atom is -0.488 e. The van der Waals surface area contributed by atoms with E-state index >= 15 is 0 Å². The molecular weight excluding hydrogens is 309 g/mol. The molecule has 0 spiro atoms. The number of halogens is 1. The molecule has 1 aromatic heterocycles. The van der Waals surface area contributed by atoms with Crippen LogP contribution in [0.4, 0.5) is 4.39 Å². The van der Waals surface area contributed by atoms with Crippen LogP contribution >= 0.6 is 0 Å². The smallest absolute Gasteiger partial charge is 0.199 e. The van der Waals surface area contributed by atoms with E-state index in [4.69, 9.17) is 9.26 Å². The molecule has 1 aromatic carbocycles. The number of fused-ring (bicyclic) bond motifs is 1. The summed E-state index contributed by atoms with van der Waals surface area (Å²) in [6.07, 6.45) is 3.30. The highest BCUT2D eigenvalue weighted by molar-refractivity contribution is 7.85. The number of carbonyl (C=O) groups excluding carboxylic acids is 1. The molecule has 1 saturated carbocycles. The molecule has 2 aromatic rings. The summed E-state index contributed by atoms with van der Waals surface area (Å²) in [6, 6.07) is 2.52. The van der Waals surface area contributed by atoms with Crippen LogP contribution in [0.2, 0.25) is 0 Å².